The van der Waals surface area contributed by atoms with E-state index in [1.54, 1.807) is 0 Å². The molecule has 0 aliphatic carbocycles. The van der Waals surface area contributed by atoms with Gasteiger partial charge < -0.3 is 10.1 Å². The van der Waals surface area contributed by atoms with E-state index in [1.807, 2.05) is 0 Å². The zero-order valence-electron chi connectivity index (χ0n) is 11.1. The summed E-state index contributed by atoms with van der Waals surface area (Å²) in [4.78, 5) is 10.9. The summed E-state index contributed by atoms with van der Waals surface area (Å²) >= 11 is 1.06. The van der Waals surface area contributed by atoms with Gasteiger partial charge in [-0.1, -0.05) is 11.8 Å². The van der Waals surface area contributed by atoms with Crippen LogP contribution < -0.4 is 10.1 Å². The summed E-state index contributed by atoms with van der Waals surface area (Å²) in [6, 6.07) is 1.73. The first-order chi connectivity index (χ1) is 10.3. The molecule has 5 nitrogen and oxygen atoms in total. The summed E-state index contributed by atoms with van der Waals surface area (Å²) in [6.07, 6.45) is -4.17. The van der Waals surface area contributed by atoms with Crippen molar-refractivity contribution < 1.29 is 27.1 Å². The quantitative estimate of drug-likeness (QED) is 0.524. The standard InChI is InChI=1S/C12H9F4N3O2S/c1-21-8-3-2-7(13)10(12(14,15)16)6(8)4-17-19-11-18-9(20)5-22-11/h2-4H,5H2,1H3,(H,18,19,20). The van der Waals surface area contributed by atoms with Crippen LogP contribution in [0.2, 0.25) is 0 Å². The molecule has 1 heterocycles. The predicted molar refractivity (Wildman–Crippen MR) is 73.6 cm³/mol. The highest BCUT2D eigenvalue weighted by Gasteiger charge is 2.38. The maximum atomic E-state index is 13.5. The molecule has 1 aromatic rings. The van der Waals surface area contributed by atoms with Gasteiger partial charge in [-0.05, 0) is 12.1 Å². The topological polar surface area (TPSA) is 63.1 Å². The van der Waals surface area contributed by atoms with Crippen LogP contribution >= 0.6 is 11.8 Å². The molecule has 1 amide bonds. The van der Waals surface area contributed by atoms with Crippen LogP contribution in [0.1, 0.15) is 11.1 Å². The van der Waals surface area contributed by atoms with Crippen LogP contribution in [0.5, 0.6) is 5.75 Å². The smallest absolute Gasteiger partial charge is 0.419 e. The van der Waals surface area contributed by atoms with Crippen molar-refractivity contribution in [1.29, 1.82) is 0 Å². The predicted octanol–water partition coefficient (Wildman–Crippen LogP) is 2.41. The Kier molecular flexibility index (Phi) is 4.69. The van der Waals surface area contributed by atoms with Gasteiger partial charge in [0.1, 0.15) is 17.1 Å². The molecule has 1 fully saturated rings. The SMILES string of the molecule is COc1ccc(F)c(C(F)(F)F)c1C=NN=C1NC(=O)CS1. The van der Waals surface area contributed by atoms with E-state index in [4.69, 9.17) is 4.74 Å². The van der Waals surface area contributed by atoms with Crippen LogP contribution in [-0.2, 0) is 11.0 Å². The number of thioether (sulfide) groups is 1. The molecule has 2 rings (SSSR count). The number of carbonyl (C=O) groups is 1. The van der Waals surface area contributed by atoms with E-state index in [2.05, 4.69) is 15.5 Å². The number of nitrogens with one attached hydrogen (secondary N) is 1. The first kappa shape index (κ1) is 16.3. The number of methoxy groups -OCH3 is 1. The Bertz CT molecular complexity index is 659. The Morgan fingerprint density at radius 3 is 2.68 bits per heavy atom. The normalized spacial score (nSPS) is 17.3. The van der Waals surface area contributed by atoms with Crippen molar-refractivity contribution >= 4 is 29.1 Å². The number of ether oxygens (including phenoxy) is 1. The van der Waals surface area contributed by atoms with E-state index in [-0.39, 0.29) is 22.6 Å². The van der Waals surface area contributed by atoms with Crippen molar-refractivity contribution in [2.75, 3.05) is 12.9 Å². The highest BCUT2D eigenvalue weighted by molar-refractivity contribution is 8.15. The second-order valence-electron chi connectivity index (χ2n) is 4.02. The third-order valence-electron chi connectivity index (χ3n) is 2.58. The zero-order valence-corrected chi connectivity index (χ0v) is 11.9. The maximum Gasteiger partial charge on any atom is 0.419 e. The van der Waals surface area contributed by atoms with Gasteiger partial charge in [-0.3, -0.25) is 4.79 Å². The molecule has 1 N–H and O–H groups in total. The van der Waals surface area contributed by atoms with Gasteiger partial charge in [0.15, 0.2) is 5.17 Å². The summed E-state index contributed by atoms with van der Waals surface area (Å²) in [7, 11) is 1.16. The molecule has 0 radical (unpaired) electrons. The molecule has 0 spiro atoms. The maximum absolute atomic E-state index is 13.5. The Morgan fingerprint density at radius 2 is 2.14 bits per heavy atom. The van der Waals surface area contributed by atoms with Crippen molar-refractivity contribution in [1.82, 2.24) is 5.32 Å². The van der Waals surface area contributed by atoms with Crippen molar-refractivity contribution in [3.05, 3.63) is 29.1 Å². The van der Waals surface area contributed by atoms with Crippen LogP contribution in [0.4, 0.5) is 17.6 Å². The molecule has 0 atom stereocenters. The molecule has 1 aliphatic heterocycles. The molecule has 0 bridgehead atoms. The summed E-state index contributed by atoms with van der Waals surface area (Å²) in [6.45, 7) is 0. The number of carbonyl (C=O) groups excluding carboxylic acids is 1. The Hall–Kier alpha value is -2.10. The highest BCUT2D eigenvalue weighted by atomic mass is 32.2. The van der Waals surface area contributed by atoms with Crippen LogP contribution in [0, 0.1) is 5.82 Å². The van der Waals surface area contributed by atoms with Crippen LogP contribution in [-0.4, -0.2) is 30.2 Å². The zero-order chi connectivity index (χ0) is 16.3. The lowest BCUT2D eigenvalue weighted by atomic mass is 10.1. The van der Waals surface area contributed by atoms with Crippen LogP contribution in [0.25, 0.3) is 0 Å². The summed E-state index contributed by atoms with van der Waals surface area (Å²) in [5.41, 5.74) is -2.06. The fourth-order valence-corrected chi connectivity index (χ4v) is 2.32. The molecule has 22 heavy (non-hydrogen) atoms. The minimum absolute atomic E-state index is 0.158. The second kappa shape index (κ2) is 6.34. The van der Waals surface area contributed by atoms with Gasteiger partial charge in [-0.25, -0.2) is 4.39 Å². The molecule has 10 heteroatoms. The van der Waals surface area contributed by atoms with Crippen LogP contribution in [0.3, 0.4) is 0 Å². The van der Waals surface area contributed by atoms with Gasteiger partial charge in [0, 0.05) is 0 Å². The number of alkyl halides is 3. The molecule has 0 aromatic heterocycles. The van der Waals surface area contributed by atoms with E-state index in [1.165, 1.54) is 0 Å². The third kappa shape index (κ3) is 3.56. The lowest BCUT2D eigenvalue weighted by molar-refractivity contribution is -0.140. The van der Waals surface area contributed by atoms with Crippen molar-refractivity contribution in [2.24, 2.45) is 10.2 Å². The Labute approximate surface area is 126 Å². The average Bonchev–Trinajstić information content (AvgIpc) is 2.83. The third-order valence-corrected chi connectivity index (χ3v) is 3.44. The summed E-state index contributed by atoms with van der Waals surface area (Å²) in [5.74, 6) is -1.75. The first-order valence-corrected chi connectivity index (χ1v) is 6.79. The molecule has 0 saturated carbocycles. The van der Waals surface area contributed by atoms with Gasteiger partial charge >= 0.3 is 6.18 Å². The van der Waals surface area contributed by atoms with Gasteiger partial charge in [-0.15, -0.1) is 5.10 Å². The number of amidine groups is 1. The van der Waals surface area contributed by atoms with Crippen molar-refractivity contribution in [3.63, 3.8) is 0 Å². The van der Waals surface area contributed by atoms with Crippen molar-refractivity contribution in [3.8, 4) is 5.75 Å². The Morgan fingerprint density at radius 1 is 1.41 bits per heavy atom. The molecule has 1 aliphatic rings. The summed E-state index contributed by atoms with van der Waals surface area (Å²) in [5, 5.41) is 9.55. The molecular formula is C12H9F4N3O2S. The second-order valence-corrected chi connectivity index (χ2v) is 4.99. The fourth-order valence-electron chi connectivity index (χ4n) is 1.69. The van der Waals surface area contributed by atoms with Gasteiger partial charge in [0.05, 0.1) is 24.6 Å². The molecule has 118 valence electrons. The van der Waals surface area contributed by atoms with E-state index in [9.17, 15) is 22.4 Å². The number of rotatable bonds is 3. The molecule has 1 saturated heterocycles. The van der Waals surface area contributed by atoms with E-state index in [0.29, 0.717) is 6.07 Å². The number of amides is 1. The number of hydrogen-bond acceptors (Lipinski definition) is 5. The van der Waals surface area contributed by atoms with Crippen LogP contribution in [0.15, 0.2) is 22.3 Å². The average molecular weight is 335 g/mol. The molecule has 1 aromatic carbocycles. The highest BCUT2D eigenvalue weighted by Crippen LogP contribution is 2.37. The minimum atomic E-state index is -4.91. The largest absolute Gasteiger partial charge is 0.496 e. The lowest BCUT2D eigenvalue weighted by Crippen LogP contribution is -2.19. The van der Waals surface area contributed by atoms with Gasteiger partial charge in [0.25, 0.3) is 0 Å². The van der Waals surface area contributed by atoms with Gasteiger partial charge in [0.2, 0.25) is 5.91 Å². The monoisotopic (exact) mass is 335 g/mol. The van der Waals surface area contributed by atoms with Crippen molar-refractivity contribution in [2.45, 2.75) is 6.18 Å². The number of nitrogens with zero attached hydrogens (tertiary/aromatic N) is 2. The number of hydrogen-bond donors (Lipinski definition) is 1. The van der Waals surface area contributed by atoms with E-state index in [0.717, 1.165) is 31.2 Å². The van der Waals surface area contributed by atoms with E-state index < -0.39 is 23.1 Å². The number of halogens is 4. The minimum Gasteiger partial charge on any atom is -0.496 e. The fraction of sp³-hybridized carbons (Fsp3) is 0.250. The lowest BCUT2D eigenvalue weighted by Gasteiger charge is -2.13. The van der Waals surface area contributed by atoms with Gasteiger partial charge in [-0.2, -0.15) is 18.3 Å². The molecule has 0 unspecified atom stereocenters. The van der Waals surface area contributed by atoms with E-state index >= 15 is 0 Å². The summed E-state index contributed by atoms with van der Waals surface area (Å²) < 4.78 is 57.2. The first-order valence-electron chi connectivity index (χ1n) is 5.80. The Balaban J connectivity index is 2.40. The number of benzene rings is 1. The molecular weight excluding hydrogens is 326 g/mol.